The van der Waals surface area contributed by atoms with Gasteiger partial charge in [-0.2, -0.15) is 0 Å². The summed E-state index contributed by atoms with van der Waals surface area (Å²) in [5, 5.41) is 10.5. The van der Waals surface area contributed by atoms with Crippen LogP contribution in [0.5, 0.6) is 0 Å². The minimum atomic E-state index is -3.46. The van der Waals surface area contributed by atoms with E-state index in [9.17, 15) is 27.5 Å². The molecule has 1 saturated carbocycles. The fourth-order valence-corrected chi connectivity index (χ4v) is 5.67. The number of aromatic nitrogens is 2. The van der Waals surface area contributed by atoms with Crippen LogP contribution in [0.15, 0.2) is 51.8 Å². The Morgan fingerprint density at radius 1 is 1.24 bits per heavy atom. The molecule has 0 aliphatic heterocycles. The number of carbonyl (C=O) groups is 1. The molecule has 0 bridgehead atoms. The van der Waals surface area contributed by atoms with Crippen molar-refractivity contribution in [3.05, 3.63) is 81.5 Å². The third-order valence-corrected chi connectivity index (χ3v) is 8.02. The molecule has 2 heterocycles. The number of rotatable bonds is 9. The number of nitrogens with two attached hydrogens (primary N) is 1. The zero-order chi connectivity index (χ0) is 31.4. The summed E-state index contributed by atoms with van der Waals surface area (Å²) in [5.41, 5.74) is 7.53. The van der Waals surface area contributed by atoms with Gasteiger partial charge in [0.25, 0.3) is 0 Å². The lowest BCUT2D eigenvalue weighted by molar-refractivity contribution is 0.0692. The highest BCUT2D eigenvalue weighted by Gasteiger charge is 2.37. The first-order valence-corrected chi connectivity index (χ1v) is 17.0. The normalized spacial score (nSPS) is 14.4. The second kappa shape index (κ2) is 13.4. The first kappa shape index (κ1) is 33.2. The van der Waals surface area contributed by atoms with Crippen molar-refractivity contribution >= 4 is 35.9 Å². The van der Waals surface area contributed by atoms with Gasteiger partial charge in [0, 0.05) is 40.9 Å². The van der Waals surface area contributed by atoms with Gasteiger partial charge in [0.1, 0.15) is 17.3 Å². The molecule has 0 amide bonds. The summed E-state index contributed by atoms with van der Waals surface area (Å²) >= 11 is 0. The number of nitrogens with one attached hydrogen (secondary N) is 1. The summed E-state index contributed by atoms with van der Waals surface area (Å²) in [4.78, 5) is 27.8. The maximum Gasteiger partial charge on any atom is 0.419 e. The number of fused-ring (bicyclic) bond motifs is 1. The van der Waals surface area contributed by atoms with Gasteiger partial charge < -0.3 is 20.2 Å². The van der Waals surface area contributed by atoms with Crippen LogP contribution in [-0.2, 0) is 22.0 Å². The first-order valence-electron chi connectivity index (χ1n) is 13.8. The minimum absolute atomic E-state index is 0.000318. The van der Waals surface area contributed by atoms with E-state index in [-0.39, 0.29) is 27.9 Å². The molecule has 42 heavy (non-hydrogen) atoms. The van der Waals surface area contributed by atoms with Crippen molar-refractivity contribution in [3.8, 4) is 11.1 Å². The lowest BCUT2D eigenvalue weighted by Gasteiger charge is -2.13. The summed E-state index contributed by atoms with van der Waals surface area (Å²) in [6.45, 7) is 7.72. The van der Waals surface area contributed by atoms with Crippen LogP contribution in [0.2, 0.25) is 0 Å². The van der Waals surface area contributed by atoms with E-state index in [0.29, 0.717) is 28.6 Å². The van der Waals surface area contributed by atoms with E-state index in [1.165, 1.54) is 16.7 Å². The molecular formula is C30H39FN3O6PS. The molecule has 1 fully saturated rings. The van der Waals surface area contributed by atoms with Gasteiger partial charge in [0.15, 0.2) is 9.84 Å². The molecule has 2 aromatic carbocycles. The predicted molar refractivity (Wildman–Crippen MR) is 167 cm³/mol. The van der Waals surface area contributed by atoms with Gasteiger partial charge in [-0.05, 0) is 43.4 Å². The molecule has 4 N–H and O–H groups in total. The Hall–Kier alpha value is -3.27. The molecule has 228 valence electrons. The van der Waals surface area contributed by atoms with E-state index in [4.69, 9.17) is 10.2 Å². The number of nitrogens with zero attached hydrogens (tertiary/aromatic N) is 1. The molecule has 2 atom stereocenters. The predicted octanol–water partition coefficient (Wildman–Crippen LogP) is 5.52. The van der Waals surface area contributed by atoms with Crippen LogP contribution in [0.1, 0.15) is 73.5 Å². The van der Waals surface area contributed by atoms with E-state index in [0.717, 1.165) is 31.6 Å². The maximum absolute atomic E-state index is 14.8. The van der Waals surface area contributed by atoms with Gasteiger partial charge in [-0.25, -0.2) is 22.4 Å². The van der Waals surface area contributed by atoms with Gasteiger partial charge >= 0.3 is 11.7 Å². The Labute approximate surface area is 247 Å². The third-order valence-electron chi connectivity index (χ3n) is 7.18. The number of oxazole rings is 1. The van der Waals surface area contributed by atoms with Crippen LogP contribution in [-0.4, -0.2) is 47.5 Å². The summed E-state index contributed by atoms with van der Waals surface area (Å²) in [5.74, 6) is -2.44. The van der Waals surface area contributed by atoms with Crippen LogP contribution in [0.25, 0.3) is 22.0 Å². The third kappa shape index (κ3) is 7.38. The number of carboxylic acid groups (broad SMARTS) is 1. The minimum Gasteiger partial charge on any atom is -0.477 e. The fourth-order valence-electron chi connectivity index (χ4n) is 4.87. The number of aromatic carboxylic acids is 1. The van der Waals surface area contributed by atoms with E-state index in [1.54, 1.807) is 31.3 Å². The molecule has 1 aliphatic carbocycles. The largest absolute Gasteiger partial charge is 0.477 e. The van der Waals surface area contributed by atoms with Crippen molar-refractivity contribution in [2.45, 2.75) is 63.8 Å². The maximum atomic E-state index is 14.8. The molecule has 12 heteroatoms. The van der Waals surface area contributed by atoms with Crippen LogP contribution in [0.3, 0.4) is 0 Å². The molecule has 5 rings (SSSR count). The summed E-state index contributed by atoms with van der Waals surface area (Å²) < 4.78 is 45.0. The van der Waals surface area contributed by atoms with Gasteiger partial charge in [-0.3, -0.25) is 4.57 Å². The molecule has 0 radical (unpaired) electrons. The number of halogens is 1. The lowest BCUT2D eigenvalue weighted by atomic mass is 9.98. The molecular weight excluding hydrogens is 580 g/mol. The number of aryl methyl sites for hydroxylation is 1. The number of sulfone groups is 1. The van der Waals surface area contributed by atoms with Gasteiger partial charge in [-0.15, -0.1) is 9.24 Å². The highest BCUT2D eigenvalue weighted by Crippen LogP contribution is 2.38. The van der Waals surface area contributed by atoms with E-state index >= 15 is 0 Å². The number of hydrogen-bond acceptors (Lipinski definition) is 6. The number of para-hydroxylation sites is 1. The number of aromatic amines is 1. The van der Waals surface area contributed by atoms with Gasteiger partial charge in [0.05, 0.1) is 17.3 Å². The molecule has 0 spiro atoms. The van der Waals surface area contributed by atoms with E-state index < -0.39 is 39.2 Å². The zero-order valence-corrected chi connectivity index (χ0v) is 26.5. The quantitative estimate of drug-likeness (QED) is 0.209. The summed E-state index contributed by atoms with van der Waals surface area (Å²) in [6, 6.07) is 8.73. The van der Waals surface area contributed by atoms with Crippen molar-refractivity contribution in [3.63, 3.8) is 0 Å². The second-order valence-corrected chi connectivity index (χ2v) is 12.4. The van der Waals surface area contributed by atoms with E-state index in [2.05, 4.69) is 14.2 Å². The van der Waals surface area contributed by atoms with Crippen LogP contribution in [0, 0.1) is 5.82 Å². The van der Waals surface area contributed by atoms with Crippen molar-refractivity contribution in [1.29, 1.82) is 0 Å². The number of benzene rings is 2. The SMILES string of the molecule is CC.CC(c1cccc2c(-c3ccc(CS(C)(=O)=O)c(F)c3)c(C(=O)O)[nH]c12)n1cc(CCC2(N)CC2)oc1=O.CP. The highest BCUT2D eigenvalue weighted by molar-refractivity contribution is 7.89. The fraction of sp³-hybridized carbons (Fsp3) is 0.400. The van der Waals surface area contributed by atoms with Crippen molar-refractivity contribution in [1.82, 2.24) is 9.55 Å². The lowest BCUT2D eigenvalue weighted by Crippen LogP contribution is -2.21. The molecule has 2 unspecified atom stereocenters. The molecule has 0 saturated heterocycles. The summed E-state index contributed by atoms with van der Waals surface area (Å²) in [7, 11) is -1.04. The highest BCUT2D eigenvalue weighted by atomic mass is 32.2. The van der Waals surface area contributed by atoms with Crippen LogP contribution < -0.4 is 11.5 Å². The average molecular weight is 620 g/mol. The van der Waals surface area contributed by atoms with Crippen molar-refractivity contribution in [2.75, 3.05) is 12.9 Å². The van der Waals surface area contributed by atoms with Crippen LogP contribution in [0.4, 0.5) is 4.39 Å². The molecule has 2 aromatic heterocycles. The Morgan fingerprint density at radius 3 is 2.48 bits per heavy atom. The van der Waals surface area contributed by atoms with Crippen LogP contribution >= 0.6 is 9.24 Å². The van der Waals surface area contributed by atoms with Crippen molar-refractivity contribution in [2.24, 2.45) is 5.73 Å². The molecule has 9 nitrogen and oxygen atoms in total. The Bertz CT molecular complexity index is 1740. The first-order chi connectivity index (χ1) is 19.8. The number of carboxylic acids is 1. The van der Waals surface area contributed by atoms with Gasteiger partial charge in [-0.1, -0.05) is 50.8 Å². The molecule has 1 aliphatic rings. The van der Waals surface area contributed by atoms with Gasteiger partial charge in [0.2, 0.25) is 0 Å². The monoisotopic (exact) mass is 619 g/mol. The van der Waals surface area contributed by atoms with E-state index in [1.807, 2.05) is 20.5 Å². The average Bonchev–Trinajstić information content (AvgIpc) is 3.38. The number of H-pyrrole nitrogens is 1. The second-order valence-electron chi connectivity index (χ2n) is 10.2. The Balaban J connectivity index is 0.00000116. The summed E-state index contributed by atoms with van der Waals surface area (Å²) in [6.07, 6.45) is 5.87. The standard InChI is InChI=1S/C27H28FN3O6S.C2H6.CH5P/c1-15(31-13-18(37-26(31)34)8-9-27(29)10-11-27)19-4-3-5-20-22(24(25(32)33)30-23(19)20)16-6-7-17(21(28)12-16)14-38(2,35)36;2*1-2/h3-7,12-13,15,30H,8-11,14,29H2,1-2H3,(H,32,33);1-2H3;2H2,1H3. The topological polar surface area (TPSA) is 148 Å². The Kier molecular flexibility index (Phi) is 10.6. The smallest absolute Gasteiger partial charge is 0.419 e. The molecule has 4 aromatic rings. The Morgan fingerprint density at radius 2 is 1.90 bits per heavy atom. The zero-order valence-electron chi connectivity index (χ0n) is 24.5. The number of hydrogen-bond donors (Lipinski definition) is 3. The van der Waals surface area contributed by atoms with Crippen molar-refractivity contribution < 1.29 is 27.1 Å².